The summed E-state index contributed by atoms with van der Waals surface area (Å²) >= 11 is 7.93. The fourth-order valence-corrected chi connectivity index (χ4v) is 2.16. The lowest BCUT2D eigenvalue weighted by Gasteiger charge is -2.11. The van der Waals surface area contributed by atoms with Gasteiger partial charge < -0.3 is 15.2 Å². The number of methoxy groups -OCH3 is 1. The Morgan fingerprint density at radius 1 is 1.19 bits per heavy atom. The Hall–Kier alpha value is -1.73. The van der Waals surface area contributed by atoms with E-state index < -0.39 is 17.4 Å². The standard InChI is InChI=1S/C14H10BrF2NO2S/c1-19-8-2-3-12(9(15)6-8)20-13-10(16)4-7(14(18)21)5-11(13)17/h2-6H,1H3,(H2,18,21). The lowest BCUT2D eigenvalue weighted by Crippen LogP contribution is -2.10. The highest BCUT2D eigenvalue weighted by molar-refractivity contribution is 9.10. The Morgan fingerprint density at radius 3 is 2.29 bits per heavy atom. The predicted octanol–water partition coefficient (Wildman–Crippen LogP) is 4.16. The average molecular weight is 374 g/mol. The van der Waals surface area contributed by atoms with Gasteiger partial charge in [-0.05, 0) is 46.3 Å². The summed E-state index contributed by atoms with van der Waals surface area (Å²) in [5, 5.41) is 0. The summed E-state index contributed by atoms with van der Waals surface area (Å²) in [7, 11) is 1.51. The van der Waals surface area contributed by atoms with Crippen LogP contribution in [0.3, 0.4) is 0 Å². The molecule has 0 aliphatic heterocycles. The minimum Gasteiger partial charge on any atom is -0.497 e. The molecule has 0 spiro atoms. The molecule has 0 aromatic heterocycles. The normalized spacial score (nSPS) is 10.3. The molecule has 2 N–H and O–H groups in total. The lowest BCUT2D eigenvalue weighted by molar-refractivity contribution is 0.399. The molecule has 110 valence electrons. The van der Waals surface area contributed by atoms with Crippen LogP contribution in [0, 0.1) is 11.6 Å². The van der Waals surface area contributed by atoms with Crippen LogP contribution in [-0.2, 0) is 0 Å². The minimum absolute atomic E-state index is 0.0926. The van der Waals surface area contributed by atoms with Crippen LogP contribution in [0.4, 0.5) is 8.78 Å². The molecule has 0 amide bonds. The van der Waals surface area contributed by atoms with E-state index in [2.05, 4.69) is 28.1 Å². The molecule has 21 heavy (non-hydrogen) atoms. The first-order chi connectivity index (χ1) is 9.92. The molecule has 2 aromatic carbocycles. The van der Waals surface area contributed by atoms with E-state index in [1.165, 1.54) is 13.2 Å². The van der Waals surface area contributed by atoms with Crippen molar-refractivity contribution in [2.75, 3.05) is 7.11 Å². The third-order valence-corrected chi connectivity index (χ3v) is 3.49. The van der Waals surface area contributed by atoms with Gasteiger partial charge in [0.2, 0.25) is 0 Å². The first-order valence-electron chi connectivity index (χ1n) is 5.72. The van der Waals surface area contributed by atoms with E-state index >= 15 is 0 Å². The maximum absolute atomic E-state index is 13.9. The first kappa shape index (κ1) is 15.7. The van der Waals surface area contributed by atoms with Gasteiger partial charge in [0.25, 0.3) is 0 Å². The lowest BCUT2D eigenvalue weighted by atomic mass is 10.2. The van der Waals surface area contributed by atoms with Crippen molar-refractivity contribution in [3.63, 3.8) is 0 Å². The zero-order chi connectivity index (χ0) is 15.6. The van der Waals surface area contributed by atoms with Crippen molar-refractivity contribution in [2.45, 2.75) is 0 Å². The second-order valence-electron chi connectivity index (χ2n) is 4.03. The maximum Gasteiger partial charge on any atom is 0.198 e. The molecule has 2 aromatic rings. The molecule has 3 nitrogen and oxygen atoms in total. The summed E-state index contributed by atoms with van der Waals surface area (Å²) in [5.74, 6) is -1.47. The summed E-state index contributed by atoms with van der Waals surface area (Å²) in [6.45, 7) is 0. The molecule has 0 unspecified atom stereocenters. The minimum atomic E-state index is -0.888. The van der Waals surface area contributed by atoms with E-state index in [0.717, 1.165) is 12.1 Å². The second-order valence-corrected chi connectivity index (χ2v) is 5.33. The number of benzene rings is 2. The highest BCUT2D eigenvalue weighted by Crippen LogP contribution is 2.35. The van der Waals surface area contributed by atoms with Crippen LogP contribution in [0.2, 0.25) is 0 Å². The van der Waals surface area contributed by atoms with Crippen molar-refractivity contribution in [1.29, 1.82) is 0 Å². The summed E-state index contributed by atoms with van der Waals surface area (Å²) < 4.78 is 38.6. The largest absolute Gasteiger partial charge is 0.497 e. The second kappa shape index (κ2) is 6.36. The molecule has 0 heterocycles. The Bertz CT molecular complexity index is 686. The molecule has 0 atom stereocenters. The Balaban J connectivity index is 2.38. The number of ether oxygens (including phenoxy) is 2. The fraction of sp³-hybridized carbons (Fsp3) is 0.0714. The molecule has 0 aliphatic carbocycles. The topological polar surface area (TPSA) is 44.5 Å². The summed E-state index contributed by atoms with van der Waals surface area (Å²) in [4.78, 5) is -0.0926. The van der Waals surface area contributed by atoms with Crippen LogP contribution < -0.4 is 15.2 Å². The number of nitrogens with two attached hydrogens (primary N) is 1. The Labute approximate surface area is 133 Å². The highest BCUT2D eigenvalue weighted by atomic mass is 79.9. The molecule has 0 saturated carbocycles. The molecular formula is C14H10BrF2NO2S. The quantitative estimate of drug-likeness (QED) is 0.817. The number of halogens is 3. The van der Waals surface area contributed by atoms with Gasteiger partial charge >= 0.3 is 0 Å². The molecule has 0 radical (unpaired) electrons. The summed E-state index contributed by atoms with van der Waals surface area (Å²) in [5.41, 5.74) is 5.44. The number of rotatable bonds is 4. The van der Waals surface area contributed by atoms with Gasteiger partial charge in [0.1, 0.15) is 16.5 Å². The molecule has 7 heteroatoms. The van der Waals surface area contributed by atoms with Gasteiger partial charge in [0.05, 0.1) is 11.6 Å². The van der Waals surface area contributed by atoms with Crippen LogP contribution >= 0.6 is 28.1 Å². The van der Waals surface area contributed by atoms with E-state index in [-0.39, 0.29) is 16.3 Å². The molecule has 0 bridgehead atoms. The van der Waals surface area contributed by atoms with Crippen LogP contribution in [0.1, 0.15) is 5.56 Å². The SMILES string of the molecule is COc1ccc(Oc2c(F)cc(C(N)=S)cc2F)c(Br)c1. The van der Waals surface area contributed by atoms with Gasteiger partial charge in [-0.15, -0.1) is 0 Å². The molecule has 0 aliphatic rings. The van der Waals surface area contributed by atoms with Crippen molar-refractivity contribution in [2.24, 2.45) is 5.73 Å². The van der Waals surface area contributed by atoms with E-state index in [4.69, 9.17) is 15.2 Å². The molecular weight excluding hydrogens is 364 g/mol. The molecule has 0 saturated heterocycles. The van der Waals surface area contributed by atoms with Crippen LogP contribution in [-0.4, -0.2) is 12.1 Å². The van der Waals surface area contributed by atoms with Crippen molar-refractivity contribution in [1.82, 2.24) is 0 Å². The van der Waals surface area contributed by atoms with Crippen molar-refractivity contribution < 1.29 is 18.3 Å². The van der Waals surface area contributed by atoms with E-state index in [1.54, 1.807) is 12.1 Å². The smallest absolute Gasteiger partial charge is 0.198 e. The van der Waals surface area contributed by atoms with Gasteiger partial charge in [-0.25, -0.2) is 8.78 Å². The number of hydrogen-bond donors (Lipinski definition) is 1. The fourth-order valence-electron chi connectivity index (χ4n) is 1.60. The van der Waals surface area contributed by atoms with E-state index in [9.17, 15) is 8.78 Å². The third kappa shape index (κ3) is 3.48. The molecule has 0 fully saturated rings. The van der Waals surface area contributed by atoms with Crippen molar-refractivity contribution in [3.05, 3.63) is 52.0 Å². The summed E-state index contributed by atoms with van der Waals surface area (Å²) in [6, 6.07) is 6.81. The van der Waals surface area contributed by atoms with Gasteiger partial charge in [-0.2, -0.15) is 0 Å². The van der Waals surface area contributed by atoms with Crippen molar-refractivity contribution in [3.8, 4) is 17.2 Å². The van der Waals surface area contributed by atoms with E-state index in [0.29, 0.717) is 10.2 Å². The molecule has 2 rings (SSSR count). The average Bonchev–Trinajstić information content (AvgIpc) is 2.43. The zero-order valence-corrected chi connectivity index (χ0v) is 13.2. The van der Waals surface area contributed by atoms with Crippen LogP contribution in [0.5, 0.6) is 17.2 Å². The monoisotopic (exact) mass is 373 g/mol. The van der Waals surface area contributed by atoms with Crippen LogP contribution in [0.15, 0.2) is 34.8 Å². The zero-order valence-electron chi connectivity index (χ0n) is 10.8. The van der Waals surface area contributed by atoms with Crippen molar-refractivity contribution >= 4 is 33.1 Å². The van der Waals surface area contributed by atoms with Crippen LogP contribution in [0.25, 0.3) is 0 Å². The van der Waals surface area contributed by atoms with Gasteiger partial charge in [-0.3, -0.25) is 0 Å². The number of hydrogen-bond acceptors (Lipinski definition) is 3. The predicted molar refractivity (Wildman–Crippen MR) is 83.0 cm³/mol. The first-order valence-corrected chi connectivity index (χ1v) is 6.92. The third-order valence-electron chi connectivity index (χ3n) is 2.63. The Kier molecular flexibility index (Phi) is 4.74. The Morgan fingerprint density at radius 2 is 1.81 bits per heavy atom. The number of thiocarbonyl (C=S) groups is 1. The maximum atomic E-state index is 13.9. The van der Waals surface area contributed by atoms with E-state index in [1.807, 2.05) is 0 Å². The van der Waals surface area contributed by atoms with Gasteiger partial charge in [0.15, 0.2) is 17.4 Å². The van der Waals surface area contributed by atoms with Gasteiger partial charge in [0, 0.05) is 5.56 Å². The highest BCUT2D eigenvalue weighted by Gasteiger charge is 2.16. The summed E-state index contributed by atoms with van der Waals surface area (Å²) in [6.07, 6.45) is 0. The van der Waals surface area contributed by atoms with Gasteiger partial charge in [-0.1, -0.05) is 12.2 Å².